The predicted molar refractivity (Wildman–Crippen MR) is 109 cm³/mol. The number of hydrogen-bond acceptors (Lipinski definition) is 5. The van der Waals surface area contributed by atoms with Crippen molar-refractivity contribution in [2.75, 3.05) is 13.1 Å². The maximum atomic E-state index is 15.1. The fourth-order valence-electron chi connectivity index (χ4n) is 3.60. The number of carbonyl (C=O) groups is 1. The molecule has 0 bridgehead atoms. The molecule has 0 saturated carbocycles. The van der Waals surface area contributed by atoms with Crippen molar-refractivity contribution in [1.82, 2.24) is 15.1 Å². The molecule has 150 valence electrons. The normalized spacial score (nSPS) is 16.2. The van der Waals surface area contributed by atoms with E-state index in [1.165, 1.54) is 6.21 Å². The molecule has 3 rings (SSSR count). The van der Waals surface area contributed by atoms with Crippen molar-refractivity contribution >= 4 is 28.6 Å². The zero-order chi connectivity index (χ0) is 20.3. The van der Waals surface area contributed by atoms with E-state index in [2.05, 4.69) is 29.1 Å². The van der Waals surface area contributed by atoms with Crippen LogP contribution in [0.3, 0.4) is 0 Å². The molecule has 1 aromatic heterocycles. The quantitative estimate of drug-likeness (QED) is 0.402. The lowest BCUT2D eigenvalue weighted by Crippen LogP contribution is -2.36. The van der Waals surface area contributed by atoms with Crippen LogP contribution >= 0.6 is 0 Å². The van der Waals surface area contributed by atoms with Gasteiger partial charge in [-0.1, -0.05) is 19.9 Å². The smallest absolute Gasteiger partial charge is 0.222 e. The Bertz CT molecular complexity index is 917. The van der Waals surface area contributed by atoms with Crippen LogP contribution in [0.15, 0.2) is 23.4 Å². The monoisotopic (exact) mass is 386 g/mol. The Morgan fingerprint density at radius 3 is 3.00 bits per heavy atom. The van der Waals surface area contributed by atoms with Crippen molar-refractivity contribution in [2.24, 2.45) is 16.7 Å². The summed E-state index contributed by atoms with van der Waals surface area (Å²) < 4.78 is 15.1. The van der Waals surface area contributed by atoms with Crippen LogP contribution in [0.1, 0.15) is 50.2 Å². The van der Waals surface area contributed by atoms with Gasteiger partial charge in [-0.3, -0.25) is 9.89 Å². The number of nitrogens with one attached hydrogen (secondary N) is 1. The van der Waals surface area contributed by atoms with E-state index in [9.17, 15) is 4.79 Å². The summed E-state index contributed by atoms with van der Waals surface area (Å²) >= 11 is 0. The van der Waals surface area contributed by atoms with Gasteiger partial charge in [-0.05, 0) is 36.0 Å². The first-order valence-electron chi connectivity index (χ1n) is 9.54. The van der Waals surface area contributed by atoms with Gasteiger partial charge < -0.3 is 16.5 Å². The maximum absolute atomic E-state index is 15.1. The number of nitrogens with zero attached hydrogens (tertiary/aromatic N) is 3. The molecule has 1 atom stereocenters. The van der Waals surface area contributed by atoms with Gasteiger partial charge in [-0.15, -0.1) is 0 Å². The van der Waals surface area contributed by atoms with Gasteiger partial charge in [0.25, 0.3) is 0 Å². The zero-order valence-electron chi connectivity index (χ0n) is 16.3. The molecule has 0 spiro atoms. The average Bonchev–Trinajstić information content (AvgIpc) is 3.17. The second-order valence-corrected chi connectivity index (χ2v) is 7.47. The highest BCUT2D eigenvalue weighted by Crippen LogP contribution is 2.33. The molecular weight excluding hydrogens is 359 g/mol. The van der Waals surface area contributed by atoms with Crippen LogP contribution in [-0.2, 0) is 4.79 Å². The van der Waals surface area contributed by atoms with Gasteiger partial charge >= 0.3 is 0 Å². The summed E-state index contributed by atoms with van der Waals surface area (Å²) in [6.07, 6.45) is 6.57. The molecule has 1 aliphatic rings. The molecule has 1 unspecified atom stereocenters. The fourth-order valence-corrected chi connectivity index (χ4v) is 3.60. The number of H-pyrrole nitrogens is 1. The van der Waals surface area contributed by atoms with Crippen LogP contribution in [0, 0.1) is 5.82 Å². The number of aromatic nitrogens is 2. The van der Waals surface area contributed by atoms with Crippen molar-refractivity contribution in [2.45, 2.75) is 45.1 Å². The zero-order valence-corrected chi connectivity index (χ0v) is 16.3. The fraction of sp³-hybridized carbons (Fsp3) is 0.450. The first kappa shape index (κ1) is 20.0. The molecule has 1 amide bonds. The van der Waals surface area contributed by atoms with Crippen LogP contribution in [0.2, 0.25) is 0 Å². The lowest BCUT2D eigenvalue weighted by atomic mass is 9.92. The number of amides is 1. The number of aromatic amines is 1. The predicted octanol–water partition coefficient (Wildman–Crippen LogP) is 2.49. The van der Waals surface area contributed by atoms with E-state index in [1.54, 1.807) is 11.1 Å². The molecular formula is C20H27FN6O. The highest BCUT2D eigenvalue weighted by Gasteiger charge is 2.23. The first-order valence-corrected chi connectivity index (χ1v) is 9.54. The Morgan fingerprint density at radius 2 is 2.29 bits per heavy atom. The largest absolute Gasteiger partial charge is 0.338 e. The third-order valence-electron chi connectivity index (χ3n) is 5.15. The molecule has 1 aromatic carbocycles. The van der Waals surface area contributed by atoms with Crippen LogP contribution in [-0.4, -0.2) is 46.4 Å². The number of nitrogens with two attached hydrogens (primary N) is 2. The number of hydrogen-bond donors (Lipinski definition) is 3. The molecule has 8 heteroatoms. The minimum Gasteiger partial charge on any atom is -0.338 e. The molecule has 2 aromatic rings. The average molecular weight is 386 g/mol. The van der Waals surface area contributed by atoms with Gasteiger partial charge in [0.15, 0.2) is 5.82 Å². The number of carbonyl (C=O) groups excluding carboxylic acids is 1. The van der Waals surface area contributed by atoms with E-state index in [1.807, 2.05) is 12.1 Å². The molecule has 1 aliphatic heterocycles. The topological polar surface area (TPSA) is 113 Å². The van der Waals surface area contributed by atoms with E-state index in [0.29, 0.717) is 43.4 Å². The second-order valence-electron chi connectivity index (χ2n) is 7.47. The molecule has 0 aliphatic carbocycles. The van der Waals surface area contributed by atoms with Crippen molar-refractivity contribution < 1.29 is 9.18 Å². The first-order chi connectivity index (χ1) is 13.4. The Labute approximate surface area is 163 Å². The summed E-state index contributed by atoms with van der Waals surface area (Å²) in [5, 5.41) is 11.0. The Kier molecular flexibility index (Phi) is 6.08. The van der Waals surface area contributed by atoms with Crippen molar-refractivity contribution in [3.8, 4) is 0 Å². The summed E-state index contributed by atoms with van der Waals surface area (Å²) in [5.74, 6) is 4.99. The third kappa shape index (κ3) is 4.06. The summed E-state index contributed by atoms with van der Waals surface area (Å²) in [7, 11) is 0. The van der Waals surface area contributed by atoms with E-state index >= 15 is 4.39 Å². The summed E-state index contributed by atoms with van der Waals surface area (Å²) in [4.78, 5) is 14.3. The van der Waals surface area contributed by atoms with E-state index in [4.69, 9.17) is 11.6 Å². The van der Waals surface area contributed by atoms with Gasteiger partial charge in [-0.2, -0.15) is 10.2 Å². The third-order valence-corrected chi connectivity index (χ3v) is 5.15. The second kappa shape index (κ2) is 8.52. The molecule has 0 saturated heterocycles. The van der Waals surface area contributed by atoms with Crippen molar-refractivity contribution in [1.29, 1.82) is 0 Å². The van der Waals surface area contributed by atoms with E-state index < -0.39 is 0 Å². The Morgan fingerprint density at radius 1 is 1.50 bits per heavy atom. The standard InChI is InChI=1S/C20H27FN6O/c1-12(2)15-8-16(19(21)20-17(15)10-25-26-20)13-4-3-7-27(11-13)18(28)6-5-14(22)9-24-23/h4,8-10,12,14H,3,5-7,11,22-23H2,1-2H3,(H,25,26)/b24-9-. The SMILES string of the molecule is CC(C)c1cc(C2=CCCN(C(=O)CCC(N)/C=N\N)C2)c(F)c2[nH]ncc12. The van der Waals surface area contributed by atoms with Crippen LogP contribution in [0.5, 0.6) is 0 Å². The molecule has 2 heterocycles. The van der Waals surface area contributed by atoms with E-state index in [-0.39, 0.29) is 23.7 Å². The van der Waals surface area contributed by atoms with Gasteiger partial charge in [0, 0.05) is 42.7 Å². The number of fused-ring (bicyclic) bond motifs is 1. The summed E-state index contributed by atoms with van der Waals surface area (Å²) in [6, 6.07) is 1.55. The highest BCUT2D eigenvalue weighted by molar-refractivity contribution is 5.88. The Hall–Kier alpha value is -2.74. The van der Waals surface area contributed by atoms with Gasteiger partial charge in [0.05, 0.1) is 6.20 Å². The molecule has 28 heavy (non-hydrogen) atoms. The lowest BCUT2D eigenvalue weighted by Gasteiger charge is -2.28. The van der Waals surface area contributed by atoms with Crippen LogP contribution in [0.25, 0.3) is 16.5 Å². The minimum absolute atomic E-state index is 0.00131. The van der Waals surface area contributed by atoms with E-state index in [0.717, 1.165) is 16.5 Å². The van der Waals surface area contributed by atoms with Gasteiger partial charge in [0.2, 0.25) is 5.91 Å². The lowest BCUT2D eigenvalue weighted by molar-refractivity contribution is -0.130. The number of rotatable bonds is 6. The summed E-state index contributed by atoms with van der Waals surface area (Å²) in [6.45, 7) is 5.14. The molecule has 0 fully saturated rings. The summed E-state index contributed by atoms with van der Waals surface area (Å²) in [5.41, 5.74) is 8.63. The molecule has 7 nitrogen and oxygen atoms in total. The van der Waals surface area contributed by atoms with Crippen LogP contribution < -0.4 is 11.6 Å². The number of hydrazone groups is 1. The molecule has 5 N–H and O–H groups in total. The van der Waals surface area contributed by atoms with Gasteiger partial charge in [-0.25, -0.2) is 4.39 Å². The minimum atomic E-state index is -0.345. The van der Waals surface area contributed by atoms with Crippen molar-refractivity contribution in [3.05, 3.63) is 35.3 Å². The number of benzene rings is 1. The van der Waals surface area contributed by atoms with Gasteiger partial charge in [0.1, 0.15) is 5.52 Å². The highest BCUT2D eigenvalue weighted by atomic mass is 19.1. The molecule has 0 radical (unpaired) electrons. The van der Waals surface area contributed by atoms with Crippen LogP contribution in [0.4, 0.5) is 4.39 Å². The number of halogens is 1. The van der Waals surface area contributed by atoms with Crippen molar-refractivity contribution in [3.63, 3.8) is 0 Å². The maximum Gasteiger partial charge on any atom is 0.222 e. The Balaban J connectivity index is 1.82.